The van der Waals surface area contributed by atoms with Crippen LogP contribution in [-0.2, 0) is 11.3 Å². The zero-order chi connectivity index (χ0) is 8.97. The van der Waals surface area contributed by atoms with Crippen LogP contribution in [0.25, 0.3) is 0 Å². The summed E-state index contributed by atoms with van der Waals surface area (Å²) in [6.07, 6.45) is 0.855. The molecule has 0 unspecified atom stereocenters. The summed E-state index contributed by atoms with van der Waals surface area (Å²) < 4.78 is 10.4. The molecule has 0 aliphatic heterocycles. The number of ether oxygens (including phenoxy) is 1. The molecule has 66 valence electrons. The summed E-state index contributed by atoms with van der Waals surface area (Å²) in [5, 5.41) is 0. The van der Waals surface area contributed by atoms with Gasteiger partial charge in [-0.25, -0.2) is 0 Å². The zero-order valence-electron chi connectivity index (χ0n) is 7.24. The third-order valence-electron chi connectivity index (χ3n) is 1.36. The molecule has 1 aromatic rings. The van der Waals surface area contributed by atoms with Gasteiger partial charge in [0.05, 0.1) is 6.10 Å². The number of aldehydes is 1. The van der Waals surface area contributed by atoms with Gasteiger partial charge >= 0.3 is 0 Å². The number of rotatable bonds is 4. The van der Waals surface area contributed by atoms with Crippen LogP contribution < -0.4 is 0 Å². The fraction of sp³-hybridized carbons (Fsp3) is 0.444. The molecule has 3 nitrogen and oxygen atoms in total. The van der Waals surface area contributed by atoms with Gasteiger partial charge in [-0.15, -0.1) is 0 Å². The number of carbonyl (C=O) groups excluding carboxylic acids is 1. The van der Waals surface area contributed by atoms with Crippen LogP contribution in [0.4, 0.5) is 0 Å². The number of carbonyl (C=O) groups is 1. The first-order chi connectivity index (χ1) is 5.72. The Hall–Kier alpha value is -1.09. The average Bonchev–Trinajstić information content (AvgIpc) is 2.48. The van der Waals surface area contributed by atoms with Gasteiger partial charge in [0.1, 0.15) is 12.4 Å². The van der Waals surface area contributed by atoms with Crippen LogP contribution in [0.5, 0.6) is 0 Å². The van der Waals surface area contributed by atoms with Crippen molar-refractivity contribution in [3.63, 3.8) is 0 Å². The second kappa shape index (κ2) is 4.07. The highest BCUT2D eigenvalue weighted by Crippen LogP contribution is 2.07. The van der Waals surface area contributed by atoms with E-state index in [-0.39, 0.29) is 6.10 Å². The van der Waals surface area contributed by atoms with Crippen molar-refractivity contribution >= 4 is 6.29 Å². The molecular weight excluding hydrogens is 156 g/mol. The van der Waals surface area contributed by atoms with E-state index >= 15 is 0 Å². The van der Waals surface area contributed by atoms with Crippen molar-refractivity contribution in [2.45, 2.75) is 26.6 Å². The Morgan fingerprint density at radius 3 is 2.83 bits per heavy atom. The molecule has 0 fully saturated rings. The monoisotopic (exact) mass is 168 g/mol. The van der Waals surface area contributed by atoms with Crippen LogP contribution in [-0.4, -0.2) is 12.4 Å². The van der Waals surface area contributed by atoms with Gasteiger partial charge in [0.15, 0.2) is 12.0 Å². The molecule has 1 aromatic heterocycles. The summed E-state index contributed by atoms with van der Waals surface area (Å²) in [6, 6.07) is 3.37. The topological polar surface area (TPSA) is 39.4 Å². The molecule has 1 heterocycles. The van der Waals surface area contributed by atoms with Crippen molar-refractivity contribution in [2.24, 2.45) is 0 Å². The van der Waals surface area contributed by atoms with Gasteiger partial charge in [0.25, 0.3) is 0 Å². The molecule has 0 aromatic carbocycles. The van der Waals surface area contributed by atoms with Crippen molar-refractivity contribution < 1.29 is 13.9 Å². The van der Waals surface area contributed by atoms with Crippen LogP contribution in [0.1, 0.15) is 30.2 Å². The molecule has 0 bridgehead atoms. The lowest BCUT2D eigenvalue weighted by molar-refractivity contribution is 0.0540. The van der Waals surface area contributed by atoms with Crippen LogP contribution in [0, 0.1) is 0 Å². The molecule has 0 spiro atoms. The number of hydrogen-bond acceptors (Lipinski definition) is 3. The summed E-state index contributed by atoms with van der Waals surface area (Å²) >= 11 is 0. The van der Waals surface area contributed by atoms with Crippen molar-refractivity contribution in [1.82, 2.24) is 0 Å². The Kier molecular flexibility index (Phi) is 3.05. The lowest BCUT2D eigenvalue weighted by Crippen LogP contribution is -2.01. The van der Waals surface area contributed by atoms with E-state index in [0.717, 1.165) is 0 Å². The molecule has 1 rings (SSSR count). The third kappa shape index (κ3) is 2.51. The smallest absolute Gasteiger partial charge is 0.185 e. The van der Waals surface area contributed by atoms with E-state index < -0.39 is 0 Å². The molecule has 0 atom stereocenters. The summed E-state index contributed by atoms with van der Waals surface area (Å²) in [7, 11) is 0. The predicted molar refractivity (Wildman–Crippen MR) is 44.0 cm³/mol. The minimum Gasteiger partial charge on any atom is -0.456 e. The van der Waals surface area contributed by atoms with E-state index in [1.807, 2.05) is 13.8 Å². The van der Waals surface area contributed by atoms with Gasteiger partial charge in [-0.3, -0.25) is 4.79 Å². The Morgan fingerprint density at radius 1 is 1.58 bits per heavy atom. The average molecular weight is 168 g/mol. The molecule has 12 heavy (non-hydrogen) atoms. The Labute approximate surface area is 71.3 Å². The molecule has 0 radical (unpaired) electrons. The lowest BCUT2D eigenvalue weighted by atomic mass is 10.4. The quantitative estimate of drug-likeness (QED) is 0.645. The fourth-order valence-electron chi connectivity index (χ4n) is 0.784. The maximum absolute atomic E-state index is 10.2. The third-order valence-corrected chi connectivity index (χ3v) is 1.36. The number of hydrogen-bond donors (Lipinski definition) is 0. The maximum Gasteiger partial charge on any atom is 0.185 e. The van der Waals surface area contributed by atoms with Crippen molar-refractivity contribution in [3.8, 4) is 0 Å². The molecule has 3 heteroatoms. The van der Waals surface area contributed by atoms with Crippen LogP contribution in [0.2, 0.25) is 0 Å². The minimum absolute atomic E-state index is 0.176. The van der Waals surface area contributed by atoms with E-state index in [9.17, 15) is 4.79 Å². The molecule has 0 N–H and O–H groups in total. The van der Waals surface area contributed by atoms with Gasteiger partial charge in [-0.2, -0.15) is 0 Å². The van der Waals surface area contributed by atoms with E-state index in [1.165, 1.54) is 0 Å². The van der Waals surface area contributed by atoms with Crippen molar-refractivity contribution in [1.29, 1.82) is 0 Å². The predicted octanol–water partition coefficient (Wildman–Crippen LogP) is 2.02. The second-order valence-corrected chi connectivity index (χ2v) is 2.78. The number of furan rings is 1. The lowest BCUT2D eigenvalue weighted by Gasteiger charge is -2.03. The summed E-state index contributed by atoms with van der Waals surface area (Å²) in [6.45, 7) is 4.32. The largest absolute Gasteiger partial charge is 0.456 e. The summed E-state index contributed by atoms with van der Waals surface area (Å²) in [5.41, 5.74) is 0. The second-order valence-electron chi connectivity index (χ2n) is 2.78. The maximum atomic E-state index is 10.2. The van der Waals surface area contributed by atoms with Gasteiger partial charge < -0.3 is 9.15 Å². The van der Waals surface area contributed by atoms with Crippen molar-refractivity contribution in [3.05, 3.63) is 23.7 Å². The van der Waals surface area contributed by atoms with E-state index in [2.05, 4.69) is 0 Å². The van der Waals surface area contributed by atoms with Gasteiger partial charge in [0.2, 0.25) is 0 Å². The minimum atomic E-state index is 0.176. The Bertz CT molecular complexity index is 250. The van der Waals surface area contributed by atoms with Crippen LogP contribution in [0.3, 0.4) is 0 Å². The Balaban J connectivity index is 2.47. The SMILES string of the molecule is CC(C)OCc1ccc(C=O)o1. The van der Waals surface area contributed by atoms with Crippen molar-refractivity contribution in [2.75, 3.05) is 0 Å². The molecule has 0 aliphatic rings. The molecule has 0 aliphatic carbocycles. The van der Waals surface area contributed by atoms with Crippen LogP contribution in [0.15, 0.2) is 16.5 Å². The standard InChI is InChI=1S/C9H12O3/c1-7(2)11-6-9-4-3-8(5-10)12-9/h3-5,7H,6H2,1-2H3. The highest BCUT2D eigenvalue weighted by molar-refractivity contribution is 5.70. The zero-order valence-corrected chi connectivity index (χ0v) is 7.24. The normalized spacial score (nSPS) is 10.6. The highest BCUT2D eigenvalue weighted by atomic mass is 16.5. The van der Waals surface area contributed by atoms with Gasteiger partial charge in [-0.1, -0.05) is 0 Å². The van der Waals surface area contributed by atoms with Gasteiger partial charge in [0, 0.05) is 0 Å². The summed E-state index contributed by atoms with van der Waals surface area (Å²) in [4.78, 5) is 10.2. The van der Waals surface area contributed by atoms with Gasteiger partial charge in [-0.05, 0) is 26.0 Å². The fourth-order valence-corrected chi connectivity index (χ4v) is 0.784. The van der Waals surface area contributed by atoms with E-state index in [1.54, 1.807) is 12.1 Å². The summed E-state index contributed by atoms with van der Waals surface area (Å²) in [5.74, 6) is 1.03. The first-order valence-corrected chi connectivity index (χ1v) is 3.88. The Morgan fingerprint density at radius 2 is 2.33 bits per heavy atom. The first-order valence-electron chi connectivity index (χ1n) is 3.88. The molecule has 0 saturated carbocycles. The van der Waals surface area contributed by atoms with E-state index in [0.29, 0.717) is 24.4 Å². The molecule has 0 amide bonds. The molecular formula is C9H12O3. The molecule has 0 saturated heterocycles. The van der Waals surface area contributed by atoms with E-state index in [4.69, 9.17) is 9.15 Å². The van der Waals surface area contributed by atoms with Crippen LogP contribution >= 0.6 is 0 Å². The first kappa shape index (κ1) is 9.00. The highest BCUT2D eigenvalue weighted by Gasteiger charge is 2.01.